The first-order valence-corrected chi connectivity index (χ1v) is 17.5. The number of phenolic OH excluding ortho intramolecular Hbond substituents is 1. The molecule has 3 fully saturated rings. The quantitative estimate of drug-likeness (QED) is 0.319. The molecule has 4 N–H and O–H groups in total. The molecule has 15 heteroatoms. The van der Waals surface area contributed by atoms with Crippen molar-refractivity contribution < 1.29 is 32.7 Å². The van der Waals surface area contributed by atoms with Crippen LogP contribution in [0.5, 0.6) is 5.75 Å². The minimum atomic E-state index is -4.86. The van der Waals surface area contributed by atoms with Gasteiger partial charge in [-0.15, -0.1) is 11.3 Å². The van der Waals surface area contributed by atoms with Crippen LogP contribution in [0.15, 0.2) is 23.6 Å². The minimum absolute atomic E-state index is 0.0621. The number of phenols is 1. The first-order chi connectivity index (χ1) is 22.5. The average Bonchev–Trinajstić information content (AvgIpc) is 3.52. The van der Waals surface area contributed by atoms with Gasteiger partial charge in [0.25, 0.3) is 0 Å². The fourth-order valence-corrected chi connectivity index (χ4v) is 8.53. The summed E-state index contributed by atoms with van der Waals surface area (Å²) in [5.74, 6) is -0.314. The lowest BCUT2D eigenvalue weighted by Crippen LogP contribution is -2.57. The average molecular weight is 697 g/mol. The van der Waals surface area contributed by atoms with E-state index in [1.165, 1.54) is 6.07 Å². The van der Waals surface area contributed by atoms with Crippen LogP contribution in [-0.4, -0.2) is 89.1 Å². The summed E-state index contributed by atoms with van der Waals surface area (Å²) < 4.78 is 41.1. The molecule has 4 aliphatic rings. The van der Waals surface area contributed by atoms with Crippen LogP contribution in [0.3, 0.4) is 0 Å². The van der Waals surface area contributed by atoms with E-state index in [1.54, 1.807) is 26.0 Å². The Hall–Kier alpha value is -3.23. The number of hydrogen-bond acceptors (Lipinski definition) is 6. The third kappa shape index (κ3) is 7.59. The Bertz CT molecular complexity index is 1470. The zero-order chi connectivity index (χ0) is 33.3. The van der Waals surface area contributed by atoms with E-state index >= 15 is 0 Å². The van der Waals surface area contributed by atoms with Gasteiger partial charge in [0.1, 0.15) is 11.8 Å². The SMILES string of the molecule is O=C(NC(Cc1cc(Cl)c(O)c(C(F)(F)F)c1)C(=O)N1CCC(C2CCNCC2)CC1)N1CCC(N2Cc3sccc3NC2=O)CC1. The van der Waals surface area contributed by atoms with Gasteiger partial charge in [0, 0.05) is 43.5 Å². The summed E-state index contributed by atoms with van der Waals surface area (Å²) >= 11 is 7.57. The van der Waals surface area contributed by atoms with Gasteiger partial charge in [0.05, 0.1) is 22.8 Å². The number of fused-ring (bicyclic) bond motifs is 1. The topological polar surface area (TPSA) is 117 Å². The zero-order valence-electron chi connectivity index (χ0n) is 26.0. The fourth-order valence-electron chi connectivity index (χ4n) is 7.46. The number of likely N-dealkylation sites (tertiary alicyclic amines) is 2. The standard InChI is InChI=1S/C32H40ClF3N6O4S/c33-24-16-19(15-23(28(24)43)32(34,35)36)17-26(29(44)40-10-3-21(4-11-40)20-1-8-37-9-2-20)39-30(45)41-12-5-22(6-13-41)42-18-27-25(7-14-47-27)38-31(42)46/h7,14-16,20-22,26,37,43H,1-6,8-13,17-18H2,(H,38,46)(H,39,45). The number of thiophene rings is 1. The van der Waals surface area contributed by atoms with Crippen molar-refractivity contribution in [3.8, 4) is 5.75 Å². The molecule has 1 atom stereocenters. The van der Waals surface area contributed by atoms with Gasteiger partial charge in [0.15, 0.2) is 0 Å². The van der Waals surface area contributed by atoms with Crippen LogP contribution in [0.2, 0.25) is 5.02 Å². The molecule has 256 valence electrons. The molecular weight excluding hydrogens is 657 g/mol. The molecule has 6 rings (SSSR count). The second-order valence-electron chi connectivity index (χ2n) is 13.0. The van der Waals surface area contributed by atoms with Gasteiger partial charge < -0.3 is 35.8 Å². The minimum Gasteiger partial charge on any atom is -0.506 e. The normalized spacial score (nSPS) is 20.9. The molecule has 0 saturated carbocycles. The Morgan fingerprint density at radius 3 is 2.36 bits per heavy atom. The Morgan fingerprint density at radius 2 is 1.68 bits per heavy atom. The van der Waals surface area contributed by atoms with Crippen molar-refractivity contribution in [2.45, 2.75) is 69.8 Å². The molecule has 5 heterocycles. The highest BCUT2D eigenvalue weighted by atomic mass is 35.5. The van der Waals surface area contributed by atoms with E-state index in [2.05, 4.69) is 16.0 Å². The number of anilines is 1. The van der Waals surface area contributed by atoms with Crippen molar-refractivity contribution in [1.29, 1.82) is 0 Å². The molecule has 2 aromatic rings. The van der Waals surface area contributed by atoms with Gasteiger partial charge in [0.2, 0.25) is 5.91 Å². The number of nitrogens with zero attached hydrogens (tertiary/aromatic N) is 3. The number of benzene rings is 1. The summed E-state index contributed by atoms with van der Waals surface area (Å²) in [5, 5.41) is 20.6. The molecule has 47 heavy (non-hydrogen) atoms. The van der Waals surface area contributed by atoms with Crippen molar-refractivity contribution in [1.82, 2.24) is 25.3 Å². The molecule has 10 nitrogen and oxygen atoms in total. The summed E-state index contributed by atoms with van der Waals surface area (Å²) in [6.07, 6.45) is -0.0993. The maximum Gasteiger partial charge on any atom is 0.420 e. The van der Waals surface area contributed by atoms with Crippen LogP contribution < -0.4 is 16.0 Å². The number of rotatable bonds is 6. The largest absolute Gasteiger partial charge is 0.506 e. The van der Waals surface area contributed by atoms with Crippen LogP contribution in [-0.2, 0) is 23.9 Å². The van der Waals surface area contributed by atoms with Gasteiger partial charge in [-0.3, -0.25) is 4.79 Å². The molecule has 1 aromatic heterocycles. The van der Waals surface area contributed by atoms with Crippen LogP contribution in [0.1, 0.15) is 54.5 Å². The Balaban J connectivity index is 1.13. The van der Waals surface area contributed by atoms with Gasteiger partial charge in [-0.25, -0.2) is 9.59 Å². The van der Waals surface area contributed by atoms with Crippen LogP contribution in [0.4, 0.5) is 28.4 Å². The number of aromatic hydroxyl groups is 1. The highest BCUT2D eigenvalue weighted by molar-refractivity contribution is 7.10. The van der Waals surface area contributed by atoms with Gasteiger partial charge in [-0.1, -0.05) is 11.6 Å². The van der Waals surface area contributed by atoms with Crippen LogP contribution in [0, 0.1) is 11.8 Å². The number of urea groups is 2. The number of hydrogen-bond donors (Lipinski definition) is 4. The maximum absolute atomic E-state index is 13.9. The molecule has 0 aliphatic carbocycles. The van der Waals surface area contributed by atoms with E-state index < -0.39 is 34.6 Å². The molecule has 3 saturated heterocycles. The Labute approximate surface area is 280 Å². The van der Waals surface area contributed by atoms with E-state index in [-0.39, 0.29) is 30.0 Å². The molecule has 5 amide bonds. The molecule has 0 radical (unpaired) electrons. The monoisotopic (exact) mass is 696 g/mol. The van der Waals surface area contributed by atoms with E-state index in [1.807, 2.05) is 11.4 Å². The molecular formula is C32H40ClF3N6O4S. The Kier molecular flexibility index (Phi) is 10.1. The van der Waals surface area contributed by atoms with E-state index in [4.69, 9.17) is 11.6 Å². The van der Waals surface area contributed by atoms with Crippen molar-refractivity contribution in [3.05, 3.63) is 44.6 Å². The Morgan fingerprint density at radius 1 is 1.02 bits per heavy atom. The van der Waals surface area contributed by atoms with Crippen LogP contribution >= 0.6 is 22.9 Å². The molecule has 1 unspecified atom stereocenters. The summed E-state index contributed by atoms with van der Waals surface area (Å²) in [6.45, 7) is 4.22. The maximum atomic E-state index is 13.9. The van der Waals surface area contributed by atoms with E-state index in [0.29, 0.717) is 57.4 Å². The first-order valence-electron chi connectivity index (χ1n) is 16.3. The number of carbonyl (C=O) groups is 3. The van der Waals surface area contributed by atoms with Crippen molar-refractivity contribution in [2.24, 2.45) is 11.8 Å². The van der Waals surface area contributed by atoms with Crippen molar-refractivity contribution in [3.63, 3.8) is 0 Å². The summed E-state index contributed by atoms with van der Waals surface area (Å²) in [6, 6.07) is 2.01. The molecule has 4 aliphatic heterocycles. The van der Waals surface area contributed by atoms with E-state index in [0.717, 1.165) is 55.4 Å². The second kappa shape index (κ2) is 14.1. The fraction of sp³-hybridized carbons (Fsp3) is 0.594. The lowest BCUT2D eigenvalue weighted by Gasteiger charge is -2.41. The molecule has 0 spiro atoms. The first kappa shape index (κ1) is 33.7. The predicted octanol–water partition coefficient (Wildman–Crippen LogP) is 5.50. The molecule has 0 bridgehead atoms. The number of alkyl halides is 3. The zero-order valence-corrected chi connectivity index (χ0v) is 27.5. The number of nitrogens with one attached hydrogen (secondary N) is 3. The van der Waals surface area contributed by atoms with Gasteiger partial charge in [-0.2, -0.15) is 13.2 Å². The number of piperidine rings is 3. The van der Waals surface area contributed by atoms with Crippen molar-refractivity contribution in [2.75, 3.05) is 44.6 Å². The predicted molar refractivity (Wildman–Crippen MR) is 173 cm³/mol. The van der Waals surface area contributed by atoms with Crippen LogP contribution in [0.25, 0.3) is 0 Å². The summed E-state index contributed by atoms with van der Waals surface area (Å²) in [7, 11) is 0. The van der Waals surface area contributed by atoms with Crippen molar-refractivity contribution >= 4 is 46.6 Å². The number of amides is 5. The second-order valence-corrected chi connectivity index (χ2v) is 14.4. The molecule has 1 aromatic carbocycles. The number of carbonyl (C=O) groups excluding carboxylic acids is 3. The summed E-state index contributed by atoms with van der Waals surface area (Å²) in [5.41, 5.74) is -0.388. The lowest BCUT2D eigenvalue weighted by molar-refractivity contribution is -0.138. The highest BCUT2D eigenvalue weighted by Gasteiger charge is 2.38. The van der Waals surface area contributed by atoms with Gasteiger partial charge in [-0.05, 0) is 92.6 Å². The number of halogens is 4. The smallest absolute Gasteiger partial charge is 0.420 e. The summed E-state index contributed by atoms with van der Waals surface area (Å²) in [4.78, 5) is 46.4. The van der Waals surface area contributed by atoms with E-state index in [9.17, 15) is 32.7 Å². The lowest BCUT2D eigenvalue weighted by atomic mass is 9.79. The van der Waals surface area contributed by atoms with Gasteiger partial charge >= 0.3 is 18.2 Å². The third-order valence-electron chi connectivity index (χ3n) is 10.1. The third-order valence-corrected chi connectivity index (χ3v) is 11.3. The highest BCUT2D eigenvalue weighted by Crippen LogP contribution is 2.41.